The van der Waals surface area contributed by atoms with Gasteiger partial charge in [0, 0.05) is 119 Å². The van der Waals surface area contributed by atoms with E-state index in [0.29, 0.717) is 17.7 Å². The fourth-order valence-electron chi connectivity index (χ4n) is 16.8. The second-order valence-electron chi connectivity index (χ2n) is 32.0. The van der Waals surface area contributed by atoms with E-state index in [1.54, 1.807) is 0 Å². The van der Waals surface area contributed by atoms with E-state index >= 15 is 0 Å². The Labute approximate surface area is 772 Å². The monoisotopic (exact) mass is 1720 g/mol. The molecule has 0 radical (unpaired) electrons. The van der Waals surface area contributed by atoms with Crippen molar-refractivity contribution < 1.29 is 8.83 Å². The summed E-state index contributed by atoms with van der Waals surface area (Å²) in [6, 6.07) is 160. The molecule has 7 aromatic heterocycles. The third-order valence-corrected chi connectivity index (χ3v) is 23.4. The van der Waals surface area contributed by atoms with E-state index in [1.165, 1.54) is 0 Å². The van der Waals surface area contributed by atoms with Crippen LogP contribution < -0.4 is 14.7 Å². The van der Waals surface area contributed by atoms with Gasteiger partial charge in [-0.25, -0.2) is 39.9 Å². The largest absolute Gasteiger partial charge is 0.436 e. The van der Waals surface area contributed by atoms with E-state index in [-0.39, 0.29) is 0 Å². The van der Waals surface area contributed by atoms with E-state index in [1.807, 2.05) is 253 Å². The lowest BCUT2D eigenvalue weighted by atomic mass is 10.0. The molecule has 16 nitrogen and oxygen atoms in total. The summed E-state index contributed by atoms with van der Waals surface area (Å²) >= 11 is 0. The van der Waals surface area contributed by atoms with Crippen LogP contribution in [0.2, 0.25) is 0 Å². The van der Waals surface area contributed by atoms with Gasteiger partial charge < -0.3 is 27.9 Å². The Bertz CT molecular complexity index is 7800. The molecule has 0 atom stereocenters. The molecule has 0 saturated heterocycles. The number of benzene rings is 17. The summed E-state index contributed by atoms with van der Waals surface area (Å²) in [5, 5.41) is 8.55. The molecule has 0 aliphatic heterocycles. The first-order valence-electron chi connectivity index (χ1n) is 44.2. The highest BCUT2D eigenvalue weighted by atomic mass is 16.4. The first-order valence-corrected chi connectivity index (χ1v) is 44.2. The number of nitrogens with zero attached hydrogens (tertiary/aromatic N) is 14. The van der Waals surface area contributed by atoms with Crippen LogP contribution in [0.25, 0.3) is 163 Å². The predicted octanol–water partition coefficient (Wildman–Crippen LogP) is 30.1. The molecule has 134 heavy (non-hydrogen) atoms. The number of aromatic nitrogens is 11. The van der Waals surface area contributed by atoms with Crippen molar-refractivity contribution in [3.8, 4) is 113 Å². The van der Waals surface area contributed by atoms with Crippen molar-refractivity contribution >= 4 is 101 Å². The lowest BCUT2D eigenvalue weighted by molar-refractivity contribution is 0.584. The fourth-order valence-corrected chi connectivity index (χ4v) is 16.8. The number of pyridine rings is 1. The molecule has 0 aliphatic rings. The van der Waals surface area contributed by atoms with Crippen molar-refractivity contribution in [1.82, 2.24) is 54.5 Å². The van der Waals surface area contributed by atoms with E-state index in [9.17, 15) is 0 Å². The molecule has 0 aliphatic carbocycles. The summed E-state index contributed by atoms with van der Waals surface area (Å²) in [7, 11) is 0. The highest BCUT2D eigenvalue weighted by molar-refractivity contribution is 5.92. The number of hydrogen-bond acceptors (Lipinski definition) is 15. The lowest BCUT2D eigenvalue weighted by Crippen LogP contribution is -2.09. The number of para-hydroxylation sites is 11. The van der Waals surface area contributed by atoms with Crippen molar-refractivity contribution in [2.24, 2.45) is 0 Å². The minimum absolute atomic E-state index is 0.478. The molecule has 0 N–H and O–H groups in total. The first kappa shape index (κ1) is 81.2. The predicted molar refractivity (Wildman–Crippen MR) is 541 cm³/mol. The third-order valence-electron chi connectivity index (χ3n) is 23.4. The van der Waals surface area contributed by atoms with Gasteiger partial charge in [-0.2, -0.15) is 0 Å². The van der Waals surface area contributed by atoms with Crippen LogP contribution >= 0.6 is 0 Å². The smallest absolute Gasteiger partial charge is 0.248 e. The highest BCUT2D eigenvalue weighted by Gasteiger charge is 2.24. The molecule has 0 saturated carbocycles. The van der Waals surface area contributed by atoms with Gasteiger partial charge in [0.1, 0.15) is 11.2 Å². The number of hydrogen-bond donors (Lipinski definition) is 0. The summed E-state index contributed by atoms with van der Waals surface area (Å²) in [5.74, 6) is 1.59. The number of rotatable bonds is 19. The molecule has 0 unspecified atom stereocenters. The average molecular weight is 1730 g/mol. The van der Waals surface area contributed by atoms with Crippen LogP contribution in [-0.4, -0.2) is 54.5 Å². The second-order valence-corrected chi connectivity index (χ2v) is 32.0. The molecular formula is C118H80N14O2. The first-order chi connectivity index (χ1) is 66.4. The topological polar surface area (TPSA) is 169 Å². The minimum atomic E-state index is 0.478. The number of imidazole rings is 1. The molecule has 0 fully saturated rings. The molecule has 16 heteroatoms. The zero-order valence-electron chi connectivity index (χ0n) is 72.3. The van der Waals surface area contributed by atoms with Crippen molar-refractivity contribution in [3.63, 3.8) is 0 Å². The fraction of sp³-hybridized carbons (Fsp3) is 0. The summed E-state index contributed by atoms with van der Waals surface area (Å²) in [4.78, 5) is 46.5. The SMILES string of the molecule is c1ccc(-c2nc3ccccc3nc2-c2ccc(N(c3ccccc3)c3ccc(-c4cn5ccccc5n4)cc3)cc2)cc1.c1ccc(-c2nc3ccccc3nc2-c2ccc(N(c3ccccc3)c3ccc(-c4nc5ccccc5o4)cc3)cc2)cc1.c1ccc(-c2nnc(-c3ccc(N(c4ccccc4)c4ccc(-c5nc6ccccc6nc5-c5ccccc5)cc4)cc3)o2)cc1. The van der Waals surface area contributed by atoms with Crippen molar-refractivity contribution in [2.45, 2.75) is 0 Å². The molecular weight excluding hydrogens is 1650 g/mol. The van der Waals surface area contributed by atoms with E-state index < -0.39 is 0 Å². The Balaban J connectivity index is 0.000000117. The van der Waals surface area contributed by atoms with Crippen molar-refractivity contribution in [1.29, 1.82) is 0 Å². The molecule has 634 valence electrons. The van der Waals surface area contributed by atoms with Gasteiger partial charge in [-0.3, -0.25) is 0 Å². The quantitative estimate of drug-likeness (QED) is 0.0749. The van der Waals surface area contributed by atoms with Crippen LogP contribution in [0.1, 0.15) is 0 Å². The summed E-state index contributed by atoms with van der Waals surface area (Å²) in [6.07, 6.45) is 4.09. The highest BCUT2D eigenvalue weighted by Crippen LogP contribution is 2.44. The number of anilines is 9. The Morgan fingerprint density at radius 2 is 0.410 bits per heavy atom. The van der Waals surface area contributed by atoms with Gasteiger partial charge in [0.25, 0.3) is 0 Å². The van der Waals surface area contributed by atoms with E-state index in [2.05, 4.69) is 267 Å². The Morgan fingerprint density at radius 3 is 0.724 bits per heavy atom. The molecule has 7 heterocycles. The molecule has 0 bridgehead atoms. The third kappa shape index (κ3) is 17.1. The number of fused-ring (bicyclic) bond motifs is 5. The molecule has 17 aromatic carbocycles. The van der Waals surface area contributed by atoms with Crippen LogP contribution in [0.15, 0.2) is 494 Å². The van der Waals surface area contributed by atoms with Crippen LogP contribution in [0, 0.1) is 0 Å². The molecule has 24 aromatic rings. The normalized spacial score (nSPS) is 11.1. The minimum Gasteiger partial charge on any atom is -0.436 e. The summed E-state index contributed by atoms with van der Waals surface area (Å²) in [6.45, 7) is 0. The van der Waals surface area contributed by atoms with Crippen LogP contribution in [0.5, 0.6) is 0 Å². The van der Waals surface area contributed by atoms with Gasteiger partial charge in [-0.1, -0.05) is 267 Å². The van der Waals surface area contributed by atoms with Crippen LogP contribution in [0.4, 0.5) is 51.2 Å². The Kier molecular flexibility index (Phi) is 22.5. The van der Waals surface area contributed by atoms with Crippen molar-refractivity contribution in [3.05, 3.63) is 486 Å². The lowest BCUT2D eigenvalue weighted by Gasteiger charge is -2.26. The Hall–Kier alpha value is -18.5. The van der Waals surface area contributed by atoms with Crippen molar-refractivity contribution in [2.75, 3.05) is 14.7 Å². The van der Waals surface area contributed by atoms with Gasteiger partial charge >= 0.3 is 0 Å². The Morgan fingerprint density at radius 1 is 0.172 bits per heavy atom. The van der Waals surface area contributed by atoms with Gasteiger partial charge in [-0.05, 0) is 206 Å². The van der Waals surface area contributed by atoms with Gasteiger partial charge in [0.15, 0.2) is 5.58 Å². The molecule has 24 rings (SSSR count). The van der Waals surface area contributed by atoms with Gasteiger partial charge in [0.05, 0.1) is 73.0 Å². The average Bonchev–Trinajstić information content (AvgIpc) is 0.864. The van der Waals surface area contributed by atoms with Crippen LogP contribution in [-0.2, 0) is 0 Å². The standard InChI is InChI=1S/C40H27N5O.C39H27N5.C39H26N4O/c1-4-12-28(13-5-1)37-38(42-36-19-11-10-18-35(36)41-37)29-20-24-33(25-21-29)45(32-16-8-3-9-17-32)34-26-22-31(23-27-34)40-44-43-39(46-40)30-14-6-2-7-15-30;1-3-11-29(12-4-1)38-39(42-35-16-8-7-15-34(35)41-38)30-20-24-33(25-21-30)44(31-13-5-2-6-14-31)32-22-18-28(19-23-32)36-27-43-26-10-9-17-37(43)40-36;1-3-11-27(12-4-1)37-38(41-34-16-8-7-15-33(34)40-37)28-19-23-31(24-20-28)43(30-13-5-2-6-14-30)32-25-21-29(22-26-32)39-42-35-17-9-10-18-36(35)44-39/h1-27H;1-27H;1-26H. The maximum atomic E-state index is 6.01. The molecule has 0 spiro atoms. The summed E-state index contributed by atoms with van der Waals surface area (Å²) < 4.78 is 14.1. The molecule has 0 amide bonds. The van der Waals surface area contributed by atoms with Gasteiger partial charge in [0.2, 0.25) is 17.7 Å². The second kappa shape index (κ2) is 37.0. The summed E-state index contributed by atoms with van der Waals surface area (Å²) in [5.41, 5.74) is 33.2. The zero-order valence-corrected chi connectivity index (χ0v) is 72.3. The van der Waals surface area contributed by atoms with E-state index in [0.717, 1.165) is 197 Å². The van der Waals surface area contributed by atoms with Crippen LogP contribution in [0.3, 0.4) is 0 Å². The van der Waals surface area contributed by atoms with Gasteiger partial charge in [-0.15, -0.1) is 10.2 Å². The number of oxazole rings is 1. The van der Waals surface area contributed by atoms with E-state index in [4.69, 9.17) is 43.7 Å². The maximum Gasteiger partial charge on any atom is 0.248 e. The maximum absolute atomic E-state index is 6.01. The zero-order chi connectivity index (χ0) is 89.3.